The van der Waals surface area contributed by atoms with Gasteiger partial charge in [0.1, 0.15) is 11.3 Å². The molecular weight excluding hydrogens is 420 g/mol. The van der Waals surface area contributed by atoms with Gasteiger partial charge in [0, 0.05) is 22.2 Å². The van der Waals surface area contributed by atoms with Gasteiger partial charge in [-0.1, -0.05) is 11.3 Å². The molecule has 0 spiro atoms. The SMILES string of the molecule is CC1(C)CC(n2nnc3cc(-c4ccc(-c5ncc(O)cn5)cc4O)nnc32)CC(C)(C)N1. The molecule has 170 valence electrons. The molecule has 0 radical (unpaired) electrons. The van der Waals surface area contributed by atoms with Crippen molar-refractivity contribution in [3.63, 3.8) is 0 Å². The quantitative estimate of drug-likeness (QED) is 0.433. The van der Waals surface area contributed by atoms with Crippen LogP contribution in [0.2, 0.25) is 0 Å². The predicted molar refractivity (Wildman–Crippen MR) is 122 cm³/mol. The molecule has 0 unspecified atom stereocenters. The van der Waals surface area contributed by atoms with Crippen molar-refractivity contribution in [2.24, 2.45) is 0 Å². The van der Waals surface area contributed by atoms with Crippen molar-refractivity contribution in [2.75, 3.05) is 0 Å². The Morgan fingerprint density at radius 1 is 0.939 bits per heavy atom. The Bertz CT molecular complexity index is 1310. The van der Waals surface area contributed by atoms with Crippen LogP contribution in [-0.2, 0) is 0 Å². The van der Waals surface area contributed by atoms with Crippen molar-refractivity contribution >= 4 is 11.2 Å². The van der Waals surface area contributed by atoms with Crippen molar-refractivity contribution in [1.29, 1.82) is 0 Å². The van der Waals surface area contributed by atoms with Gasteiger partial charge in [-0.2, -0.15) is 0 Å². The molecule has 5 rings (SSSR count). The highest BCUT2D eigenvalue weighted by molar-refractivity contribution is 5.78. The van der Waals surface area contributed by atoms with E-state index in [0.717, 1.165) is 12.8 Å². The number of aromatic hydroxyl groups is 2. The number of nitrogens with zero attached hydrogens (tertiary/aromatic N) is 7. The van der Waals surface area contributed by atoms with Crippen LogP contribution >= 0.6 is 0 Å². The molecule has 1 aliphatic rings. The third-order valence-corrected chi connectivity index (χ3v) is 5.91. The van der Waals surface area contributed by atoms with Crippen LogP contribution in [-0.4, -0.2) is 56.5 Å². The van der Waals surface area contributed by atoms with Crippen molar-refractivity contribution in [2.45, 2.75) is 57.7 Å². The third-order valence-electron chi connectivity index (χ3n) is 5.91. The van der Waals surface area contributed by atoms with Gasteiger partial charge in [-0.25, -0.2) is 14.6 Å². The van der Waals surface area contributed by atoms with Gasteiger partial charge >= 0.3 is 0 Å². The molecule has 1 aromatic carbocycles. The van der Waals surface area contributed by atoms with Crippen molar-refractivity contribution in [3.8, 4) is 34.1 Å². The minimum atomic E-state index is -0.0349. The number of nitrogens with one attached hydrogen (secondary N) is 1. The zero-order chi connectivity index (χ0) is 23.4. The standard InChI is InChI=1S/C23H26N8O2/c1-22(2)9-14(10-23(3,4)29-22)31-21-18(27-30-31)8-17(26-28-21)16-6-5-13(7-19(16)33)20-24-11-15(32)12-25-20/h5-8,11-12,14,29,32-33H,9-10H2,1-4H3. The molecular formula is C23H26N8O2. The first-order chi connectivity index (χ1) is 15.6. The smallest absolute Gasteiger partial charge is 0.201 e. The number of aromatic nitrogens is 7. The van der Waals surface area contributed by atoms with E-state index in [-0.39, 0.29) is 28.6 Å². The second-order valence-corrected chi connectivity index (χ2v) is 9.92. The van der Waals surface area contributed by atoms with E-state index in [1.807, 2.05) is 4.68 Å². The van der Waals surface area contributed by atoms with Crippen LogP contribution in [0, 0.1) is 0 Å². The van der Waals surface area contributed by atoms with Crippen LogP contribution < -0.4 is 5.32 Å². The lowest BCUT2D eigenvalue weighted by Gasteiger charge is -2.46. The molecule has 4 heterocycles. The number of rotatable bonds is 3. The first kappa shape index (κ1) is 21.2. The molecule has 3 N–H and O–H groups in total. The van der Waals surface area contributed by atoms with Gasteiger partial charge in [-0.15, -0.1) is 15.3 Å². The van der Waals surface area contributed by atoms with Crippen LogP contribution in [0.3, 0.4) is 0 Å². The largest absolute Gasteiger partial charge is 0.507 e. The van der Waals surface area contributed by atoms with Gasteiger partial charge in [-0.3, -0.25) is 0 Å². The molecule has 10 heteroatoms. The van der Waals surface area contributed by atoms with E-state index in [9.17, 15) is 10.2 Å². The zero-order valence-corrected chi connectivity index (χ0v) is 19.0. The van der Waals surface area contributed by atoms with Crippen molar-refractivity contribution < 1.29 is 10.2 Å². The number of benzene rings is 1. The Balaban J connectivity index is 1.47. The maximum Gasteiger partial charge on any atom is 0.201 e. The number of phenols is 1. The normalized spacial score (nSPS) is 17.9. The summed E-state index contributed by atoms with van der Waals surface area (Å²) < 4.78 is 1.88. The Kier molecular flexibility index (Phi) is 4.78. The Labute approximate surface area is 190 Å². The maximum atomic E-state index is 10.6. The minimum absolute atomic E-state index is 0.0204. The Morgan fingerprint density at radius 3 is 2.30 bits per heavy atom. The molecule has 4 aromatic rings. The van der Waals surface area contributed by atoms with Gasteiger partial charge in [0.15, 0.2) is 11.6 Å². The molecule has 3 aromatic heterocycles. The number of fused-ring (bicyclic) bond motifs is 1. The summed E-state index contributed by atoms with van der Waals surface area (Å²) in [4.78, 5) is 8.15. The minimum Gasteiger partial charge on any atom is -0.507 e. The molecule has 0 atom stereocenters. The highest BCUT2D eigenvalue weighted by Gasteiger charge is 2.39. The number of hydrogen-bond donors (Lipinski definition) is 3. The summed E-state index contributed by atoms with van der Waals surface area (Å²) in [5.41, 5.74) is 2.82. The lowest BCUT2D eigenvalue weighted by atomic mass is 9.80. The molecule has 1 saturated heterocycles. The fraction of sp³-hybridized carbons (Fsp3) is 0.391. The van der Waals surface area contributed by atoms with Crippen LogP contribution in [0.1, 0.15) is 46.6 Å². The summed E-state index contributed by atoms with van der Waals surface area (Å²) >= 11 is 0. The van der Waals surface area contributed by atoms with E-state index in [4.69, 9.17) is 0 Å². The summed E-state index contributed by atoms with van der Waals surface area (Å²) in [6, 6.07) is 7.01. The highest BCUT2D eigenvalue weighted by Crippen LogP contribution is 2.37. The highest BCUT2D eigenvalue weighted by atomic mass is 16.3. The summed E-state index contributed by atoms with van der Waals surface area (Å²) in [5, 5.41) is 41.2. The molecule has 0 amide bonds. The van der Waals surface area contributed by atoms with Crippen molar-refractivity contribution in [1.82, 2.24) is 40.5 Å². The van der Waals surface area contributed by atoms with E-state index in [2.05, 4.69) is 63.5 Å². The second-order valence-electron chi connectivity index (χ2n) is 9.92. The zero-order valence-electron chi connectivity index (χ0n) is 19.0. The lowest BCUT2D eigenvalue weighted by Crippen LogP contribution is -2.58. The van der Waals surface area contributed by atoms with E-state index in [0.29, 0.717) is 33.8 Å². The molecule has 0 aliphatic carbocycles. The van der Waals surface area contributed by atoms with Crippen LogP contribution in [0.5, 0.6) is 11.5 Å². The average molecular weight is 447 g/mol. The first-order valence-electron chi connectivity index (χ1n) is 10.8. The maximum absolute atomic E-state index is 10.6. The topological polar surface area (TPSA) is 135 Å². The van der Waals surface area contributed by atoms with Gasteiger partial charge < -0.3 is 15.5 Å². The summed E-state index contributed by atoms with van der Waals surface area (Å²) in [6.45, 7) is 8.78. The van der Waals surface area contributed by atoms with E-state index >= 15 is 0 Å². The second kappa shape index (κ2) is 7.45. The summed E-state index contributed by atoms with van der Waals surface area (Å²) in [7, 11) is 0. The lowest BCUT2D eigenvalue weighted by molar-refractivity contribution is 0.127. The molecule has 0 saturated carbocycles. The van der Waals surface area contributed by atoms with Crippen LogP contribution in [0.25, 0.3) is 33.8 Å². The molecule has 10 nitrogen and oxygen atoms in total. The average Bonchev–Trinajstić information content (AvgIpc) is 3.15. The predicted octanol–water partition coefficient (Wildman–Crippen LogP) is 3.24. The first-order valence-corrected chi connectivity index (χ1v) is 10.8. The van der Waals surface area contributed by atoms with Gasteiger partial charge in [0.25, 0.3) is 0 Å². The van der Waals surface area contributed by atoms with E-state index in [1.54, 1.807) is 24.3 Å². The molecule has 1 fully saturated rings. The number of phenolic OH excluding ortho intramolecular Hbond substituents is 1. The summed E-state index contributed by atoms with van der Waals surface area (Å²) in [6.07, 6.45) is 4.42. The molecule has 33 heavy (non-hydrogen) atoms. The van der Waals surface area contributed by atoms with Gasteiger partial charge in [-0.05, 0) is 58.7 Å². The summed E-state index contributed by atoms with van der Waals surface area (Å²) in [5.74, 6) is 0.395. The van der Waals surface area contributed by atoms with Crippen molar-refractivity contribution in [3.05, 3.63) is 36.7 Å². The Hall–Kier alpha value is -3.66. The van der Waals surface area contributed by atoms with E-state index < -0.39 is 0 Å². The Morgan fingerprint density at radius 2 is 1.64 bits per heavy atom. The number of piperidine rings is 1. The van der Waals surface area contributed by atoms with Crippen LogP contribution in [0.4, 0.5) is 0 Å². The third kappa shape index (κ3) is 4.09. The fourth-order valence-electron chi connectivity index (χ4n) is 4.93. The van der Waals surface area contributed by atoms with Crippen LogP contribution in [0.15, 0.2) is 36.7 Å². The van der Waals surface area contributed by atoms with E-state index in [1.165, 1.54) is 12.4 Å². The van der Waals surface area contributed by atoms with Gasteiger partial charge in [0.05, 0.1) is 24.1 Å². The monoisotopic (exact) mass is 446 g/mol. The van der Waals surface area contributed by atoms with Gasteiger partial charge in [0.2, 0.25) is 5.65 Å². The molecule has 1 aliphatic heterocycles. The molecule has 0 bridgehead atoms. The fourth-order valence-corrected chi connectivity index (χ4v) is 4.93. The number of hydrogen-bond acceptors (Lipinski definition) is 9.